The molecule has 0 aliphatic carbocycles. The topological polar surface area (TPSA) is 9.86 Å². The third-order valence-electron chi connectivity index (χ3n) is 11.1. The highest BCUT2D eigenvalue weighted by molar-refractivity contribution is 6.99. The zero-order valence-electron chi connectivity index (χ0n) is 25.8. The molecule has 11 rings (SSSR count). The van der Waals surface area contributed by atoms with Crippen LogP contribution in [0.2, 0.25) is 0 Å². The molecule has 4 heterocycles. The average molecular weight is 585 g/mol. The second-order valence-corrected chi connectivity index (χ2v) is 13.7. The first-order valence-electron chi connectivity index (χ1n) is 16.3. The Balaban J connectivity index is 1.33. The Morgan fingerprint density at radius 3 is 2.11 bits per heavy atom. The summed E-state index contributed by atoms with van der Waals surface area (Å²) in [6, 6.07) is 52.2. The van der Waals surface area contributed by atoms with Crippen molar-refractivity contribution in [2.24, 2.45) is 0 Å². The minimum atomic E-state index is -0.205. The first-order valence-corrected chi connectivity index (χ1v) is 16.3. The highest BCUT2D eigenvalue weighted by Gasteiger charge is 2.46. The van der Waals surface area contributed by atoms with E-state index in [1.165, 1.54) is 93.3 Å². The van der Waals surface area contributed by atoms with Crippen LogP contribution in [0.1, 0.15) is 25.0 Å². The number of nitrogens with zero attached hydrogens (tertiary/aromatic N) is 2. The van der Waals surface area contributed by atoms with Crippen LogP contribution in [0.3, 0.4) is 0 Å². The summed E-state index contributed by atoms with van der Waals surface area (Å²) in [5.41, 5.74) is 14.7. The quantitative estimate of drug-likeness (QED) is 0.171. The number of hydrogen-bond acceptors (Lipinski definition) is 0. The molecule has 2 aliphatic heterocycles. The lowest BCUT2D eigenvalue weighted by Gasteiger charge is -2.42. The van der Waals surface area contributed by atoms with Crippen LogP contribution in [0.15, 0.2) is 140 Å². The first-order chi connectivity index (χ1) is 22.6. The molecule has 2 aliphatic rings. The number of para-hydroxylation sites is 3. The van der Waals surface area contributed by atoms with E-state index in [1.54, 1.807) is 0 Å². The lowest BCUT2D eigenvalue weighted by Crippen LogP contribution is -2.63. The van der Waals surface area contributed by atoms with E-state index < -0.39 is 0 Å². The van der Waals surface area contributed by atoms with Gasteiger partial charge in [-0.3, -0.25) is 0 Å². The summed E-state index contributed by atoms with van der Waals surface area (Å²) < 4.78 is 5.03. The molecule has 7 aromatic carbocycles. The van der Waals surface area contributed by atoms with Crippen molar-refractivity contribution in [1.29, 1.82) is 0 Å². The summed E-state index contributed by atoms with van der Waals surface area (Å²) in [6.45, 7) is 5.05. The highest BCUT2D eigenvalue weighted by Crippen LogP contribution is 2.45. The van der Waals surface area contributed by atoms with Gasteiger partial charge in [-0.25, -0.2) is 0 Å². The van der Waals surface area contributed by atoms with E-state index in [9.17, 15) is 0 Å². The van der Waals surface area contributed by atoms with Gasteiger partial charge in [0.2, 0.25) is 6.71 Å². The highest BCUT2D eigenvalue weighted by atomic mass is 15.0. The van der Waals surface area contributed by atoms with Gasteiger partial charge in [-0.15, -0.1) is 0 Å². The molecule has 46 heavy (non-hydrogen) atoms. The van der Waals surface area contributed by atoms with Gasteiger partial charge in [0.1, 0.15) is 0 Å². The van der Waals surface area contributed by atoms with Crippen LogP contribution in [0.5, 0.6) is 0 Å². The molecular formula is C43H29BN2. The smallest absolute Gasteiger partial charge is 0.247 e. The number of aromatic nitrogens is 2. The third kappa shape index (κ3) is 2.82. The maximum absolute atomic E-state index is 2.57. The van der Waals surface area contributed by atoms with Gasteiger partial charge in [-0.2, -0.15) is 0 Å². The van der Waals surface area contributed by atoms with E-state index in [-0.39, 0.29) is 12.1 Å². The zero-order valence-corrected chi connectivity index (χ0v) is 25.8. The van der Waals surface area contributed by atoms with Crippen molar-refractivity contribution in [1.82, 2.24) is 9.13 Å². The number of fused-ring (bicyclic) bond motifs is 13. The van der Waals surface area contributed by atoms with Gasteiger partial charge in [-0.05, 0) is 69.2 Å². The molecular weight excluding hydrogens is 555 g/mol. The van der Waals surface area contributed by atoms with Crippen molar-refractivity contribution in [3.63, 3.8) is 0 Å². The second-order valence-electron chi connectivity index (χ2n) is 13.7. The summed E-state index contributed by atoms with van der Waals surface area (Å²) in [6.07, 6.45) is 0. The molecule has 0 saturated heterocycles. The van der Waals surface area contributed by atoms with Crippen LogP contribution in [0.4, 0.5) is 0 Å². The molecule has 2 aromatic heterocycles. The maximum atomic E-state index is 2.57. The molecule has 0 N–H and O–H groups in total. The SMILES string of the molecule is CC1(C)c2cccc3c2B(c2ccc4c(c21)c1ccccc1n4-c1ccccc1)c1cccc2c4c5ccccc5ccc4n-3c12. The summed E-state index contributed by atoms with van der Waals surface area (Å²) >= 11 is 0. The fourth-order valence-electron chi connectivity index (χ4n) is 9.40. The van der Waals surface area contributed by atoms with E-state index >= 15 is 0 Å². The van der Waals surface area contributed by atoms with Crippen LogP contribution in [0.25, 0.3) is 65.8 Å². The van der Waals surface area contributed by atoms with Crippen molar-refractivity contribution in [2.45, 2.75) is 19.3 Å². The van der Waals surface area contributed by atoms with E-state index in [1.807, 2.05) is 0 Å². The zero-order chi connectivity index (χ0) is 30.3. The predicted molar refractivity (Wildman–Crippen MR) is 196 cm³/mol. The van der Waals surface area contributed by atoms with E-state index in [0.717, 1.165) is 0 Å². The van der Waals surface area contributed by atoms with Crippen molar-refractivity contribution >= 4 is 77.5 Å². The van der Waals surface area contributed by atoms with Crippen LogP contribution in [-0.2, 0) is 5.41 Å². The Morgan fingerprint density at radius 2 is 1.22 bits per heavy atom. The Bertz CT molecular complexity index is 2780. The van der Waals surface area contributed by atoms with Crippen molar-refractivity contribution in [3.8, 4) is 11.4 Å². The molecule has 0 atom stereocenters. The number of rotatable bonds is 1. The summed E-state index contributed by atoms with van der Waals surface area (Å²) in [5, 5.41) is 8.00. The molecule has 2 nitrogen and oxygen atoms in total. The third-order valence-corrected chi connectivity index (χ3v) is 11.1. The van der Waals surface area contributed by atoms with Crippen LogP contribution in [0, 0.1) is 0 Å². The fourth-order valence-corrected chi connectivity index (χ4v) is 9.40. The number of benzene rings is 7. The Kier molecular flexibility index (Phi) is 4.51. The monoisotopic (exact) mass is 584 g/mol. The van der Waals surface area contributed by atoms with Gasteiger partial charge in [0.15, 0.2) is 0 Å². The van der Waals surface area contributed by atoms with Crippen LogP contribution < -0.4 is 16.4 Å². The van der Waals surface area contributed by atoms with Crippen molar-refractivity contribution in [2.75, 3.05) is 0 Å². The minimum absolute atomic E-state index is 0.157. The van der Waals surface area contributed by atoms with E-state index in [2.05, 4.69) is 163 Å². The van der Waals surface area contributed by atoms with Gasteiger partial charge in [0.25, 0.3) is 0 Å². The number of hydrogen-bond donors (Lipinski definition) is 0. The van der Waals surface area contributed by atoms with Gasteiger partial charge >= 0.3 is 0 Å². The molecule has 0 unspecified atom stereocenters. The fraction of sp³-hybridized carbons (Fsp3) is 0.0698. The van der Waals surface area contributed by atoms with Crippen molar-refractivity contribution in [3.05, 3.63) is 151 Å². The van der Waals surface area contributed by atoms with Gasteiger partial charge < -0.3 is 9.13 Å². The summed E-state index contributed by atoms with van der Waals surface area (Å²) in [7, 11) is 0. The molecule has 0 spiro atoms. The van der Waals surface area contributed by atoms with Crippen molar-refractivity contribution < 1.29 is 0 Å². The standard InChI is InChI=1S/C43H29BN2/c1-43(2)31-18-11-21-37-41(31)44(33-19-10-17-30-38-28-15-7-6-12-26(28)22-24-35(38)46(37)42(30)33)32-23-25-36-39(40(32)43)29-16-8-9-20-34(29)45(36)27-13-4-3-5-14-27/h3-25H,1-2H3. The predicted octanol–water partition coefficient (Wildman–Crippen LogP) is 8.50. The molecule has 0 amide bonds. The average Bonchev–Trinajstić information content (AvgIpc) is 3.62. The largest absolute Gasteiger partial charge is 0.310 e. The minimum Gasteiger partial charge on any atom is -0.310 e. The summed E-state index contributed by atoms with van der Waals surface area (Å²) in [5.74, 6) is 0. The summed E-state index contributed by atoms with van der Waals surface area (Å²) in [4.78, 5) is 0. The van der Waals surface area contributed by atoms with Crippen LogP contribution in [-0.4, -0.2) is 15.8 Å². The molecule has 9 aromatic rings. The maximum Gasteiger partial charge on any atom is 0.247 e. The normalized spacial score (nSPS) is 14.4. The lowest BCUT2D eigenvalue weighted by atomic mass is 9.30. The molecule has 214 valence electrons. The molecule has 0 fully saturated rings. The first kappa shape index (κ1) is 24.7. The Morgan fingerprint density at radius 1 is 0.500 bits per heavy atom. The molecule has 3 heteroatoms. The van der Waals surface area contributed by atoms with E-state index in [4.69, 9.17) is 0 Å². The second kappa shape index (κ2) is 8.38. The van der Waals surface area contributed by atoms with E-state index in [0.29, 0.717) is 0 Å². The van der Waals surface area contributed by atoms with Crippen LogP contribution >= 0.6 is 0 Å². The lowest BCUT2D eigenvalue weighted by molar-refractivity contribution is 0.652. The van der Waals surface area contributed by atoms with Gasteiger partial charge in [-0.1, -0.05) is 122 Å². The Labute approximate surface area is 267 Å². The van der Waals surface area contributed by atoms with Gasteiger partial charge in [0, 0.05) is 43.9 Å². The Hall–Kier alpha value is -5.54. The molecule has 0 saturated carbocycles. The molecule has 0 radical (unpaired) electrons. The molecule has 0 bridgehead atoms. The van der Waals surface area contributed by atoms with Gasteiger partial charge in [0.05, 0.1) is 16.6 Å².